The first-order valence-corrected chi connectivity index (χ1v) is 4.68. The molecule has 0 heterocycles. The van der Waals surface area contributed by atoms with Crippen molar-refractivity contribution in [3.05, 3.63) is 34.1 Å². The lowest BCUT2D eigenvalue weighted by molar-refractivity contribution is 0.153. The number of benzene rings is 1. The fraction of sp³-hybridized carbons (Fsp3) is 0.222. The highest BCUT2D eigenvalue weighted by Gasteiger charge is 2.08. The molecule has 1 amide bonds. The van der Waals surface area contributed by atoms with Gasteiger partial charge in [0.05, 0.1) is 0 Å². The van der Waals surface area contributed by atoms with Gasteiger partial charge in [-0.2, -0.15) is 0 Å². The number of hydrogen-bond acceptors (Lipinski definition) is 1. The molecule has 1 rings (SSSR count). The molecule has 0 bridgehead atoms. The average molecular weight is 262 g/mol. The number of hydrogen-bond donors (Lipinski definition) is 1. The standard InChI is InChI=1S/C9H9BrFNO2/c1-12(9(13)14)5-6-2-3-7(11)4-8(6)10/h2-4H,5H2,1H3,(H,13,14). The number of amides is 1. The van der Waals surface area contributed by atoms with E-state index in [9.17, 15) is 9.18 Å². The predicted molar refractivity (Wildman–Crippen MR) is 53.6 cm³/mol. The van der Waals surface area contributed by atoms with Crippen LogP contribution in [0.1, 0.15) is 5.56 Å². The molecule has 0 aliphatic heterocycles. The zero-order valence-corrected chi connectivity index (χ0v) is 9.08. The van der Waals surface area contributed by atoms with E-state index >= 15 is 0 Å². The maximum absolute atomic E-state index is 12.7. The number of halogens is 2. The van der Waals surface area contributed by atoms with Crippen LogP contribution in [0.4, 0.5) is 9.18 Å². The maximum Gasteiger partial charge on any atom is 0.407 e. The van der Waals surface area contributed by atoms with E-state index in [0.717, 1.165) is 10.5 Å². The Morgan fingerprint density at radius 1 is 1.64 bits per heavy atom. The van der Waals surface area contributed by atoms with Crippen molar-refractivity contribution in [1.82, 2.24) is 4.90 Å². The molecule has 0 aliphatic carbocycles. The van der Waals surface area contributed by atoms with E-state index in [1.807, 2.05) is 0 Å². The van der Waals surface area contributed by atoms with Gasteiger partial charge in [-0.1, -0.05) is 22.0 Å². The molecule has 0 aliphatic rings. The summed E-state index contributed by atoms with van der Waals surface area (Å²) in [5, 5.41) is 8.63. The molecule has 5 heteroatoms. The fourth-order valence-electron chi connectivity index (χ4n) is 0.973. The Bertz CT molecular complexity index is 357. The molecule has 0 radical (unpaired) electrons. The van der Waals surface area contributed by atoms with Crippen molar-refractivity contribution in [3.63, 3.8) is 0 Å². The van der Waals surface area contributed by atoms with Crippen molar-refractivity contribution in [2.45, 2.75) is 6.54 Å². The van der Waals surface area contributed by atoms with E-state index in [1.165, 1.54) is 19.2 Å². The summed E-state index contributed by atoms with van der Waals surface area (Å²) in [6.45, 7) is 0.232. The van der Waals surface area contributed by atoms with Crippen LogP contribution in [0, 0.1) is 5.82 Å². The Labute approximate surface area is 89.3 Å². The van der Waals surface area contributed by atoms with Crippen molar-refractivity contribution >= 4 is 22.0 Å². The van der Waals surface area contributed by atoms with Crippen LogP contribution in [0.3, 0.4) is 0 Å². The summed E-state index contributed by atoms with van der Waals surface area (Å²) < 4.78 is 13.3. The summed E-state index contributed by atoms with van der Waals surface area (Å²) in [5.74, 6) is -0.349. The van der Waals surface area contributed by atoms with Gasteiger partial charge in [0.2, 0.25) is 0 Å². The second-order valence-corrected chi connectivity index (χ2v) is 3.73. The Hall–Kier alpha value is -1.10. The molecule has 1 aromatic carbocycles. The lowest BCUT2D eigenvalue weighted by Crippen LogP contribution is -2.24. The van der Waals surface area contributed by atoms with E-state index < -0.39 is 6.09 Å². The fourth-order valence-corrected chi connectivity index (χ4v) is 1.45. The topological polar surface area (TPSA) is 40.5 Å². The summed E-state index contributed by atoms with van der Waals surface area (Å²) in [5.41, 5.74) is 0.733. The van der Waals surface area contributed by atoms with Crippen molar-refractivity contribution in [1.29, 1.82) is 0 Å². The molecule has 0 saturated heterocycles. The quantitative estimate of drug-likeness (QED) is 0.890. The molecule has 76 valence electrons. The third kappa shape index (κ3) is 2.70. The normalized spacial score (nSPS) is 9.93. The molecule has 1 N–H and O–H groups in total. The van der Waals surface area contributed by atoms with Crippen LogP contribution in [0.2, 0.25) is 0 Å². The van der Waals surface area contributed by atoms with Crippen molar-refractivity contribution in [2.75, 3.05) is 7.05 Å². The molecule has 0 aromatic heterocycles. The van der Waals surface area contributed by atoms with Crippen LogP contribution in [0.5, 0.6) is 0 Å². The van der Waals surface area contributed by atoms with E-state index in [0.29, 0.717) is 4.47 Å². The Kier molecular flexibility index (Phi) is 3.46. The molecule has 0 fully saturated rings. The third-order valence-electron chi connectivity index (χ3n) is 1.75. The highest BCUT2D eigenvalue weighted by molar-refractivity contribution is 9.10. The van der Waals surface area contributed by atoms with Gasteiger partial charge in [-0.05, 0) is 17.7 Å². The van der Waals surface area contributed by atoms with Gasteiger partial charge in [0.25, 0.3) is 0 Å². The van der Waals surface area contributed by atoms with Gasteiger partial charge >= 0.3 is 6.09 Å². The first-order chi connectivity index (χ1) is 6.50. The zero-order valence-electron chi connectivity index (χ0n) is 7.50. The number of carboxylic acid groups (broad SMARTS) is 1. The molecular weight excluding hydrogens is 253 g/mol. The Morgan fingerprint density at radius 2 is 2.29 bits per heavy atom. The SMILES string of the molecule is CN(Cc1ccc(F)cc1Br)C(=O)O. The zero-order chi connectivity index (χ0) is 10.7. The monoisotopic (exact) mass is 261 g/mol. The highest BCUT2D eigenvalue weighted by Crippen LogP contribution is 2.19. The second kappa shape index (κ2) is 4.41. The van der Waals surface area contributed by atoms with Gasteiger partial charge in [-0.3, -0.25) is 0 Å². The number of carbonyl (C=O) groups is 1. The van der Waals surface area contributed by atoms with Crippen LogP contribution >= 0.6 is 15.9 Å². The lowest BCUT2D eigenvalue weighted by Gasteiger charge is -2.13. The second-order valence-electron chi connectivity index (χ2n) is 2.87. The summed E-state index contributed by atoms with van der Waals surface area (Å²) in [6, 6.07) is 4.17. The first-order valence-electron chi connectivity index (χ1n) is 3.88. The summed E-state index contributed by atoms with van der Waals surface area (Å²) in [6.07, 6.45) is -1.01. The smallest absolute Gasteiger partial charge is 0.407 e. The maximum atomic E-state index is 12.7. The van der Waals surface area contributed by atoms with E-state index in [2.05, 4.69) is 15.9 Å². The molecule has 0 atom stereocenters. The third-order valence-corrected chi connectivity index (χ3v) is 2.49. The minimum atomic E-state index is -1.01. The Morgan fingerprint density at radius 3 is 2.79 bits per heavy atom. The van der Waals surface area contributed by atoms with Gasteiger partial charge in [0.1, 0.15) is 5.82 Å². The van der Waals surface area contributed by atoms with Gasteiger partial charge in [-0.25, -0.2) is 9.18 Å². The minimum Gasteiger partial charge on any atom is -0.465 e. The minimum absolute atomic E-state index is 0.232. The van der Waals surface area contributed by atoms with Crippen LogP contribution in [0.15, 0.2) is 22.7 Å². The van der Waals surface area contributed by atoms with Crippen molar-refractivity contribution in [2.24, 2.45) is 0 Å². The van der Waals surface area contributed by atoms with Gasteiger partial charge in [0, 0.05) is 18.1 Å². The van der Waals surface area contributed by atoms with Crippen molar-refractivity contribution < 1.29 is 14.3 Å². The molecule has 0 unspecified atom stereocenters. The van der Waals surface area contributed by atoms with Crippen molar-refractivity contribution in [3.8, 4) is 0 Å². The predicted octanol–water partition coefficient (Wildman–Crippen LogP) is 2.70. The van der Waals surface area contributed by atoms with Crippen LogP contribution in [-0.4, -0.2) is 23.1 Å². The molecule has 1 aromatic rings. The van der Waals surface area contributed by atoms with E-state index in [4.69, 9.17) is 5.11 Å². The molecule has 0 saturated carbocycles. The largest absolute Gasteiger partial charge is 0.465 e. The van der Waals surface area contributed by atoms with Crippen LogP contribution in [-0.2, 0) is 6.54 Å². The molecule has 14 heavy (non-hydrogen) atoms. The van der Waals surface area contributed by atoms with E-state index in [-0.39, 0.29) is 12.4 Å². The molecule has 3 nitrogen and oxygen atoms in total. The molecular formula is C9H9BrFNO2. The van der Waals surface area contributed by atoms with Crippen LogP contribution in [0.25, 0.3) is 0 Å². The van der Waals surface area contributed by atoms with Crippen LogP contribution < -0.4 is 0 Å². The summed E-state index contributed by atoms with van der Waals surface area (Å²) >= 11 is 3.17. The molecule has 0 spiro atoms. The summed E-state index contributed by atoms with van der Waals surface area (Å²) in [4.78, 5) is 11.6. The Balaban J connectivity index is 2.82. The van der Waals surface area contributed by atoms with E-state index in [1.54, 1.807) is 6.07 Å². The number of rotatable bonds is 2. The highest BCUT2D eigenvalue weighted by atomic mass is 79.9. The average Bonchev–Trinajstić information content (AvgIpc) is 2.09. The lowest BCUT2D eigenvalue weighted by atomic mass is 10.2. The summed E-state index contributed by atoms with van der Waals surface area (Å²) in [7, 11) is 1.46. The van der Waals surface area contributed by atoms with Gasteiger partial charge in [0.15, 0.2) is 0 Å². The van der Waals surface area contributed by atoms with Gasteiger partial charge < -0.3 is 10.0 Å². The first kappa shape index (κ1) is 11.0. The number of nitrogens with zero attached hydrogens (tertiary/aromatic N) is 1. The van der Waals surface area contributed by atoms with Gasteiger partial charge in [-0.15, -0.1) is 0 Å².